The molecule has 31 heavy (non-hydrogen) atoms. The van der Waals surface area contributed by atoms with E-state index in [1.54, 1.807) is 24.0 Å². The first-order chi connectivity index (χ1) is 15.0. The highest BCUT2D eigenvalue weighted by molar-refractivity contribution is 5.98. The second-order valence-electron chi connectivity index (χ2n) is 6.98. The molecule has 0 saturated carbocycles. The van der Waals surface area contributed by atoms with Crippen LogP contribution in [0.2, 0.25) is 0 Å². The highest BCUT2D eigenvalue weighted by atomic mass is 16.5. The van der Waals surface area contributed by atoms with Crippen molar-refractivity contribution in [3.63, 3.8) is 0 Å². The summed E-state index contributed by atoms with van der Waals surface area (Å²) in [5.74, 6) is -0.612. The van der Waals surface area contributed by atoms with E-state index in [9.17, 15) is 9.59 Å². The lowest BCUT2D eigenvalue weighted by atomic mass is 10.1. The molecule has 0 aliphatic heterocycles. The molecule has 2 aromatic heterocycles. The molecule has 8 nitrogen and oxygen atoms in total. The highest BCUT2D eigenvalue weighted by Crippen LogP contribution is 2.25. The van der Waals surface area contributed by atoms with Gasteiger partial charge in [-0.25, -0.2) is 14.5 Å². The minimum absolute atomic E-state index is 0.239. The molecule has 0 radical (unpaired) electrons. The van der Waals surface area contributed by atoms with E-state index in [1.165, 1.54) is 12.4 Å². The van der Waals surface area contributed by atoms with Crippen molar-refractivity contribution in [1.82, 2.24) is 24.6 Å². The number of carbonyl (C=O) groups excluding carboxylic acids is 2. The maximum absolute atomic E-state index is 12.5. The van der Waals surface area contributed by atoms with Crippen LogP contribution in [0, 0.1) is 13.8 Å². The van der Waals surface area contributed by atoms with Crippen molar-refractivity contribution in [1.29, 1.82) is 0 Å². The number of benzene rings is 1. The van der Waals surface area contributed by atoms with Crippen LogP contribution < -0.4 is 5.32 Å². The van der Waals surface area contributed by atoms with Crippen LogP contribution in [0.15, 0.2) is 43.0 Å². The Hall–Kier alpha value is -3.68. The lowest BCUT2D eigenvalue weighted by Gasteiger charge is -2.05. The minimum atomic E-state index is -0.372. The third-order valence-corrected chi connectivity index (χ3v) is 5.11. The van der Waals surface area contributed by atoms with Crippen molar-refractivity contribution >= 4 is 18.0 Å². The van der Waals surface area contributed by atoms with Crippen LogP contribution in [-0.2, 0) is 22.6 Å². The van der Waals surface area contributed by atoms with Gasteiger partial charge >= 0.3 is 5.97 Å². The maximum atomic E-state index is 12.5. The van der Waals surface area contributed by atoms with Crippen LogP contribution in [0.4, 0.5) is 0 Å². The molecule has 0 unspecified atom stereocenters. The summed E-state index contributed by atoms with van der Waals surface area (Å²) in [5, 5.41) is 6.96. The normalized spacial score (nSPS) is 11.1. The largest absolute Gasteiger partial charge is 0.462 e. The molecule has 1 aromatic carbocycles. The molecular weight excluding hydrogens is 394 g/mol. The number of esters is 1. The summed E-state index contributed by atoms with van der Waals surface area (Å²) in [4.78, 5) is 28.8. The molecule has 0 fully saturated rings. The minimum Gasteiger partial charge on any atom is -0.462 e. The van der Waals surface area contributed by atoms with Gasteiger partial charge in [0.2, 0.25) is 5.91 Å². The van der Waals surface area contributed by atoms with E-state index in [1.807, 2.05) is 49.6 Å². The van der Waals surface area contributed by atoms with Crippen molar-refractivity contribution in [3.05, 3.63) is 71.1 Å². The van der Waals surface area contributed by atoms with Crippen molar-refractivity contribution in [2.45, 2.75) is 40.8 Å². The Labute approximate surface area is 181 Å². The smallest absolute Gasteiger partial charge is 0.340 e. The Kier molecular flexibility index (Phi) is 7.02. The van der Waals surface area contributed by atoms with Crippen LogP contribution in [0.1, 0.15) is 46.7 Å². The number of hydrogen-bond donors (Lipinski definition) is 1. The van der Waals surface area contributed by atoms with Crippen molar-refractivity contribution < 1.29 is 14.3 Å². The van der Waals surface area contributed by atoms with Crippen molar-refractivity contribution in [3.8, 4) is 5.69 Å². The maximum Gasteiger partial charge on any atom is 0.340 e. The van der Waals surface area contributed by atoms with Gasteiger partial charge in [0.1, 0.15) is 12.7 Å². The standard InChI is InChI=1S/C23H27N5O3/c1-5-27-16(3)20(22(17(27)4)23(30)31-6-2)11-12-21(29)25-13-18-7-9-19(10-8-18)28-15-24-14-26-28/h7-12,14-15H,5-6,13H2,1-4H3,(H,25,29)/b12-11+. The molecule has 3 rings (SSSR count). The van der Waals surface area contributed by atoms with E-state index >= 15 is 0 Å². The summed E-state index contributed by atoms with van der Waals surface area (Å²) in [5.41, 5.74) is 4.84. The summed E-state index contributed by atoms with van der Waals surface area (Å²) >= 11 is 0. The van der Waals surface area contributed by atoms with E-state index < -0.39 is 0 Å². The number of nitrogens with zero attached hydrogens (tertiary/aromatic N) is 4. The van der Waals surface area contributed by atoms with Gasteiger partial charge in [-0.15, -0.1) is 0 Å². The van der Waals surface area contributed by atoms with E-state index in [2.05, 4.69) is 15.4 Å². The first kappa shape index (κ1) is 22.0. The lowest BCUT2D eigenvalue weighted by molar-refractivity contribution is -0.116. The summed E-state index contributed by atoms with van der Waals surface area (Å²) in [6.07, 6.45) is 6.24. The lowest BCUT2D eigenvalue weighted by Crippen LogP contribution is -2.20. The molecule has 0 aliphatic rings. The molecule has 0 bridgehead atoms. The Balaban J connectivity index is 1.69. The van der Waals surface area contributed by atoms with E-state index in [-0.39, 0.29) is 11.9 Å². The zero-order valence-electron chi connectivity index (χ0n) is 18.3. The van der Waals surface area contributed by atoms with Crippen LogP contribution in [0.3, 0.4) is 0 Å². The quantitative estimate of drug-likeness (QED) is 0.445. The molecule has 0 aliphatic carbocycles. The van der Waals surface area contributed by atoms with Gasteiger partial charge in [-0.1, -0.05) is 12.1 Å². The first-order valence-corrected chi connectivity index (χ1v) is 10.2. The van der Waals surface area contributed by atoms with E-state index in [4.69, 9.17) is 4.74 Å². The fraction of sp³-hybridized carbons (Fsp3) is 0.304. The fourth-order valence-corrected chi connectivity index (χ4v) is 3.56. The average molecular weight is 422 g/mol. The number of amides is 1. The van der Waals surface area contributed by atoms with Gasteiger partial charge in [0.15, 0.2) is 0 Å². The predicted octanol–water partition coefficient (Wildman–Crippen LogP) is 3.21. The summed E-state index contributed by atoms with van der Waals surface area (Å²) in [7, 11) is 0. The molecular formula is C23H27N5O3. The Bertz CT molecular complexity index is 1080. The number of aromatic nitrogens is 4. The summed E-state index contributed by atoms with van der Waals surface area (Å²) < 4.78 is 8.92. The van der Waals surface area contributed by atoms with Gasteiger partial charge in [-0.3, -0.25) is 4.79 Å². The van der Waals surface area contributed by atoms with Gasteiger partial charge in [0.25, 0.3) is 0 Å². The number of hydrogen-bond acceptors (Lipinski definition) is 5. The van der Waals surface area contributed by atoms with Crippen LogP contribution in [0.5, 0.6) is 0 Å². The number of rotatable bonds is 8. The molecule has 162 valence electrons. The molecule has 8 heteroatoms. The molecule has 0 atom stereocenters. The van der Waals surface area contributed by atoms with Gasteiger partial charge in [0.05, 0.1) is 17.9 Å². The molecule has 3 aromatic rings. The third-order valence-electron chi connectivity index (χ3n) is 5.11. The monoisotopic (exact) mass is 421 g/mol. The van der Waals surface area contributed by atoms with Gasteiger partial charge in [-0.05, 0) is 51.5 Å². The SMILES string of the molecule is CCOC(=O)c1c(/C=C/C(=O)NCc2ccc(-n3cncn3)cc2)c(C)n(CC)c1C. The molecule has 1 amide bonds. The van der Waals surface area contributed by atoms with Gasteiger partial charge in [-0.2, -0.15) is 5.10 Å². The molecule has 0 spiro atoms. The predicted molar refractivity (Wildman–Crippen MR) is 118 cm³/mol. The number of nitrogens with one attached hydrogen (secondary N) is 1. The second kappa shape index (κ2) is 9.88. The topological polar surface area (TPSA) is 91.0 Å². The second-order valence-corrected chi connectivity index (χ2v) is 6.98. The molecule has 0 saturated heterocycles. The number of ether oxygens (including phenoxy) is 1. The van der Waals surface area contributed by atoms with Crippen LogP contribution in [-0.4, -0.2) is 37.8 Å². The van der Waals surface area contributed by atoms with Crippen LogP contribution >= 0.6 is 0 Å². The zero-order chi connectivity index (χ0) is 22.4. The Morgan fingerprint density at radius 3 is 2.48 bits per heavy atom. The Morgan fingerprint density at radius 2 is 1.87 bits per heavy atom. The zero-order valence-corrected chi connectivity index (χ0v) is 18.3. The average Bonchev–Trinajstić information content (AvgIpc) is 3.38. The molecule has 1 N–H and O–H groups in total. The third kappa shape index (κ3) is 4.91. The van der Waals surface area contributed by atoms with E-state index in [0.29, 0.717) is 24.3 Å². The van der Waals surface area contributed by atoms with Crippen molar-refractivity contribution in [2.75, 3.05) is 6.61 Å². The van der Waals surface area contributed by atoms with E-state index in [0.717, 1.165) is 29.2 Å². The fourth-order valence-electron chi connectivity index (χ4n) is 3.56. The first-order valence-electron chi connectivity index (χ1n) is 10.2. The number of carbonyl (C=O) groups is 2. The van der Waals surface area contributed by atoms with Gasteiger partial charge in [0, 0.05) is 36.1 Å². The van der Waals surface area contributed by atoms with Gasteiger partial charge < -0.3 is 14.6 Å². The van der Waals surface area contributed by atoms with Crippen molar-refractivity contribution in [2.24, 2.45) is 0 Å². The molecule has 2 heterocycles. The van der Waals surface area contributed by atoms with Crippen LogP contribution in [0.25, 0.3) is 11.8 Å². The highest BCUT2D eigenvalue weighted by Gasteiger charge is 2.22. The summed E-state index contributed by atoms with van der Waals surface area (Å²) in [6.45, 7) is 9.04. The summed E-state index contributed by atoms with van der Waals surface area (Å²) in [6, 6.07) is 7.68. The Morgan fingerprint density at radius 1 is 1.13 bits per heavy atom.